The third kappa shape index (κ3) is 11.9. The monoisotopic (exact) mass is 258 g/mol. The molecule has 0 rings (SSSR count). The molecule has 0 aliphatic heterocycles. The molecule has 108 valence electrons. The molecule has 0 saturated carbocycles. The van der Waals surface area contributed by atoms with Gasteiger partial charge in [-0.25, -0.2) is 0 Å². The van der Waals surface area contributed by atoms with Crippen LogP contribution in [0.5, 0.6) is 0 Å². The largest absolute Gasteiger partial charge is 0.462 e. The maximum Gasteiger partial charge on any atom is 0.293 e. The van der Waals surface area contributed by atoms with Crippen LogP contribution < -0.4 is 0 Å². The number of unbranched alkanes of at least 4 members (excludes halogenated alkanes) is 9. The molecule has 0 saturated heterocycles. The Morgan fingerprint density at radius 3 is 1.89 bits per heavy atom. The minimum atomic E-state index is -0.295. The van der Waals surface area contributed by atoms with E-state index in [1.165, 1.54) is 57.8 Å². The van der Waals surface area contributed by atoms with E-state index >= 15 is 0 Å². The molecule has 0 aromatic heterocycles. The van der Waals surface area contributed by atoms with Crippen molar-refractivity contribution in [1.29, 1.82) is 0 Å². The zero-order chi connectivity index (χ0) is 13.5. The van der Waals surface area contributed by atoms with Crippen molar-refractivity contribution in [2.45, 2.75) is 83.7 Å². The van der Waals surface area contributed by atoms with Gasteiger partial charge in [-0.15, -0.1) is 0 Å². The van der Waals surface area contributed by atoms with E-state index in [0.29, 0.717) is 6.47 Å². The molecule has 0 aromatic rings. The van der Waals surface area contributed by atoms with Crippen LogP contribution in [0.15, 0.2) is 0 Å². The van der Waals surface area contributed by atoms with Crippen molar-refractivity contribution in [2.24, 2.45) is 0 Å². The van der Waals surface area contributed by atoms with Gasteiger partial charge in [-0.3, -0.25) is 4.79 Å². The molecule has 0 aliphatic carbocycles. The van der Waals surface area contributed by atoms with Gasteiger partial charge in [0.25, 0.3) is 6.47 Å². The maximum atomic E-state index is 10.1. The summed E-state index contributed by atoms with van der Waals surface area (Å²) in [6.07, 6.45) is 13.4. The molecule has 1 atom stereocenters. The number of ether oxygens (including phenoxy) is 1. The lowest BCUT2D eigenvalue weighted by atomic mass is 10.0. The van der Waals surface area contributed by atoms with Crippen LogP contribution in [0.2, 0.25) is 0 Å². The molecule has 0 bridgehead atoms. The fourth-order valence-electron chi connectivity index (χ4n) is 2.14. The molecule has 3 heteroatoms. The summed E-state index contributed by atoms with van der Waals surface area (Å²) in [5, 5.41) is 8.92. The Kier molecular flexibility index (Phi) is 14.0. The van der Waals surface area contributed by atoms with Crippen molar-refractivity contribution in [2.75, 3.05) is 6.61 Å². The van der Waals surface area contributed by atoms with Crippen molar-refractivity contribution >= 4 is 6.47 Å². The average molecular weight is 258 g/mol. The van der Waals surface area contributed by atoms with Crippen molar-refractivity contribution in [3.05, 3.63) is 0 Å². The summed E-state index contributed by atoms with van der Waals surface area (Å²) < 4.78 is 4.74. The molecule has 1 N–H and O–H groups in total. The number of aliphatic hydroxyl groups excluding tert-OH is 1. The highest BCUT2D eigenvalue weighted by Gasteiger charge is 2.06. The van der Waals surface area contributed by atoms with E-state index in [2.05, 4.69) is 6.92 Å². The highest BCUT2D eigenvalue weighted by atomic mass is 16.5. The first-order chi connectivity index (χ1) is 8.85. The van der Waals surface area contributed by atoms with Crippen molar-refractivity contribution < 1.29 is 14.6 Å². The zero-order valence-electron chi connectivity index (χ0n) is 11.9. The molecule has 0 aliphatic rings. The first-order valence-electron chi connectivity index (χ1n) is 7.55. The average Bonchev–Trinajstić information content (AvgIpc) is 2.39. The lowest BCUT2D eigenvalue weighted by molar-refractivity contribution is -0.135. The second kappa shape index (κ2) is 14.5. The SMILES string of the molecule is CCCCCCCCCCCCC(CO)OC=O. The third-order valence-corrected chi connectivity index (χ3v) is 3.33. The van der Waals surface area contributed by atoms with Gasteiger partial charge < -0.3 is 9.84 Å². The van der Waals surface area contributed by atoms with E-state index in [0.717, 1.165) is 12.8 Å². The van der Waals surface area contributed by atoms with Crippen LogP contribution in [0.1, 0.15) is 77.6 Å². The smallest absolute Gasteiger partial charge is 0.293 e. The Labute approximate surface area is 112 Å². The molecular formula is C15H30O3. The topological polar surface area (TPSA) is 46.5 Å². The normalized spacial score (nSPS) is 12.3. The van der Waals surface area contributed by atoms with Crippen LogP contribution in [0, 0.1) is 0 Å². The number of rotatable bonds is 14. The molecule has 0 spiro atoms. The molecule has 1 unspecified atom stereocenters. The van der Waals surface area contributed by atoms with Gasteiger partial charge in [0.05, 0.1) is 6.61 Å². The molecule has 3 nitrogen and oxygen atoms in total. The van der Waals surface area contributed by atoms with Gasteiger partial charge >= 0.3 is 0 Å². The summed E-state index contributed by atoms with van der Waals surface area (Å²) >= 11 is 0. The fraction of sp³-hybridized carbons (Fsp3) is 0.933. The summed E-state index contributed by atoms with van der Waals surface area (Å²) in [5.74, 6) is 0. The van der Waals surface area contributed by atoms with E-state index in [1.807, 2.05) is 0 Å². The van der Waals surface area contributed by atoms with Gasteiger partial charge in [-0.05, 0) is 12.8 Å². The molecule has 0 radical (unpaired) electrons. The maximum absolute atomic E-state index is 10.1. The van der Waals surface area contributed by atoms with Crippen LogP contribution in [-0.4, -0.2) is 24.3 Å². The van der Waals surface area contributed by atoms with E-state index in [-0.39, 0.29) is 12.7 Å². The fourth-order valence-corrected chi connectivity index (χ4v) is 2.14. The number of aliphatic hydroxyl groups is 1. The molecule has 0 amide bonds. The second-order valence-electron chi connectivity index (χ2n) is 5.01. The van der Waals surface area contributed by atoms with Crippen molar-refractivity contribution in [3.8, 4) is 0 Å². The Morgan fingerprint density at radius 1 is 0.944 bits per heavy atom. The molecule has 18 heavy (non-hydrogen) atoms. The molecule has 0 fully saturated rings. The third-order valence-electron chi connectivity index (χ3n) is 3.33. The van der Waals surface area contributed by atoms with E-state index in [4.69, 9.17) is 9.84 Å². The second-order valence-corrected chi connectivity index (χ2v) is 5.01. The summed E-state index contributed by atoms with van der Waals surface area (Å²) in [5.41, 5.74) is 0. The van der Waals surface area contributed by atoms with E-state index < -0.39 is 0 Å². The Balaban J connectivity index is 3.12. The van der Waals surface area contributed by atoms with Crippen LogP contribution in [-0.2, 0) is 9.53 Å². The molecular weight excluding hydrogens is 228 g/mol. The highest BCUT2D eigenvalue weighted by Crippen LogP contribution is 2.12. The van der Waals surface area contributed by atoms with Gasteiger partial charge in [0.15, 0.2) is 0 Å². The summed E-state index contributed by atoms with van der Waals surface area (Å²) in [4.78, 5) is 10.1. The van der Waals surface area contributed by atoms with Crippen LogP contribution >= 0.6 is 0 Å². The van der Waals surface area contributed by atoms with Crippen molar-refractivity contribution in [3.63, 3.8) is 0 Å². The quantitative estimate of drug-likeness (QED) is 0.380. The zero-order valence-corrected chi connectivity index (χ0v) is 11.9. The van der Waals surface area contributed by atoms with Crippen molar-refractivity contribution in [1.82, 2.24) is 0 Å². The Bertz CT molecular complexity index is 171. The number of hydrogen-bond acceptors (Lipinski definition) is 3. The minimum absolute atomic E-state index is 0.0594. The van der Waals surface area contributed by atoms with Crippen LogP contribution in [0.4, 0.5) is 0 Å². The van der Waals surface area contributed by atoms with Gasteiger partial charge in [-0.2, -0.15) is 0 Å². The van der Waals surface area contributed by atoms with Crippen LogP contribution in [0.25, 0.3) is 0 Å². The van der Waals surface area contributed by atoms with Gasteiger partial charge in [-0.1, -0.05) is 64.7 Å². The predicted octanol–water partition coefficient (Wildman–Crippen LogP) is 3.83. The van der Waals surface area contributed by atoms with Gasteiger partial charge in [0, 0.05) is 0 Å². The first-order valence-corrected chi connectivity index (χ1v) is 7.55. The lowest BCUT2D eigenvalue weighted by Gasteiger charge is -2.11. The summed E-state index contributed by atoms with van der Waals surface area (Å²) in [7, 11) is 0. The van der Waals surface area contributed by atoms with Crippen LogP contribution in [0.3, 0.4) is 0 Å². The molecule has 0 aromatic carbocycles. The standard InChI is InChI=1S/C15H30O3/c1-2-3-4-5-6-7-8-9-10-11-12-15(13-16)18-14-17/h14-16H,2-13H2,1H3. The van der Waals surface area contributed by atoms with Gasteiger partial charge in [0.1, 0.15) is 6.10 Å². The van der Waals surface area contributed by atoms with E-state index in [1.54, 1.807) is 0 Å². The Morgan fingerprint density at radius 2 is 1.44 bits per heavy atom. The first kappa shape index (κ1) is 17.4. The lowest BCUT2D eigenvalue weighted by Crippen LogP contribution is -2.16. The van der Waals surface area contributed by atoms with E-state index in [9.17, 15) is 4.79 Å². The number of hydrogen-bond donors (Lipinski definition) is 1. The summed E-state index contributed by atoms with van der Waals surface area (Å²) in [6, 6.07) is 0. The number of carbonyl (C=O) groups is 1. The predicted molar refractivity (Wildman–Crippen MR) is 74.5 cm³/mol. The number of carbonyl (C=O) groups excluding carboxylic acids is 1. The summed E-state index contributed by atoms with van der Waals surface area (Å²) in [6.45, 7) is 2.61. The molecule has 0 heterocycles. The Hall–Kier alpha value is -0.570. The highest BCUT2D eigenvalue weighted by molar-refractivity contribution is 5.37. The minimum Gasteiger partial charge on any atom is -0.462 e. The van der Waals surface area contributed by atoms with Gasteiger partial charge in [0.2, 0.25) is 0 Å².